The van der Waals surface area contributed by atoms with Crippen molar-refractivity contribution in [2.75, 3.05) is 6.61 Å². The van der Waals surface area contributed by atoms with E-state index in [1.54, 1.807) is 5.57 Å². The molecule has 5 atom stereocenters. The SMILES string of the molecule is C[C@H]1CCC=C2CC[C@H]3[C@H](C3(C)CO)[C@@]21C. The normalized spacial score (nSPS) is 55.0. The summed E-state index contributed by atoms with van der Waals surface area (Å²) in [6.07, 6.45) is 7.73. The quantitative estimate of drug-likeness (QED) is 0.672. The van der Waals surface area contributed by atoms with Gasteiger partial charge in [-0.25, -0.2) is 0 Å². The van der Waals surface area contributed by atoms with Crippen LogP contribution in [0.15, 0.2) is 11.6 Å². The smallest absolute Gasteiger partial charge is 0.0490 e. The number of aliphatic hydroxyl groups is 1. The molecule has 1 unspecified atom stereocenters. The Bertz CT molecular complexity index is 345. The van der Waals surface area contributed by atoms with Gasteiger partial charge in [0.15, 0.2) is 0 Å². The molecule has 0 spiro atoms. The van der Waals surface area contributed by atoms with Gasteiger partial charge in [-0.3, -0.25) is 0 Å². The van der Waals surface area contributed by atoms with Gasteiger partial charge in [0, 0.05) is 6.61 Å². The zero-order valence-electron chi connectivity index (χ0n) is 10.8. The summed E-state index contributed by atoms with van der Waals surface area (Å²) in [7, 11) is 0. The molecule has 3 rings (SSSR count). The van der Waals surface area contributed by atoms with Crippen LogP contribution in [0, 0.1) is 28.6 Å². The van der Waals surface area contributed by atoms with Crippen molar-refractivity contribution in [1.82, 2.24) is 0 Å². The Morgan fingerprint density at radius 1 is 1.38 bits per heavy atom. The Balaban J connectivity index is 2.01. The Kier molecular flexibility index (Phi) is 2.12. The van der Waals surface area contributed by atoms with Crippen molar-refractivity contribution in [2.24, 2.45) is 28.6 Å². The van der Waals surface area contributed by atoms with Crippen LogP contribution in [0.3, 0.4) is 0 Å². The Morgan fingerprint density at radius 2 is 2.12 bits per heavy atom. The van der Waals surface area contributed by atoms with Gasteiger partial charge in [0.1, 0.15) is 0 Å². The van der Waals surface area contributed by atoms with E-state index in [2.05, 4.69) is 26.8 Å². The maximum Gasteiger partial charge on any atom is 0.0490 e. The van der Waals surface area contributed by atoms with E-state index < -0.39 is 0 Å². The largest absolute Gasteiger partial charge is 0.396 e. The third-order valence-corrected chi connectivity index (χ3v) is 6.27. The minimum atomic E-state index is 0.232. The topological polar surface area (TPSA) is 20.2 Å². The highest BCUT2D eigenvalue weighted by Gasteiger charge is 2.70. The fourth-order valence-electron chi connectivity index (χ4n) is 5.01. The highest BCUT2D eigenvalue weighted by Crippen LogP contribution is 2.74. The van der Waals surface area contributed by atoms with E-state index >= 15 is 0 Å². The average Bonchev–Trinajstić information content (AvgIpc) is 2.89. The molecule has 0 aromatic heterocycles. The monoisotopic (exact) mass is 220 g/mol. The fourth-order valence-corrected chi connectivity index (χ4v) is 5.01. The number of fused-ring (bicyclic) bond motifs is 3. The first-order chi connectivity index (χ1) is 7.55. The van der Waals surface area contributed by atoms with Crippen molar-refractivity contribution in [1.29, 1.82) is 0 Å². The Morgan fingerprint density at radius 3 is 2.81 bits per heavy atom. The molecule has 1 heteroatoms. The van der Waals surface area contributed by atoms with Crippen LogP contribution in [0.4, 0.5) is 0 Å². The van der Waals surface area contributed by atoms with Crippen LogP contribution in [0.5, 0.6) is 0 Å². The van der Waals surface area contributed by atoms with Gasteiger partial charge in [-0.1, -0.05) is 32.4 Å². The van der Waals surface area contributed by atoms with E-state index in [1.807, 2.05) is 0 Å². The molecule has 2 fully saturated rings. The van der Waals surface area contributed by atoms with Gasteiger partial charge in [0.25, 0.3) is 0 Å². The summed E-state index contributed by atoms with van der Waals surface area (Å²) in [6.45, 7) is 7.58. The number of allylic oxidation sites excluding steroid dienone is 2. The van der Waals surface area contributed by atoms with Crippen molar-refractivity contribution >= 4 is 0 Å². The van der Waals surface area contributed by atoms with E-state index in [-0.39, 0.29) is 5.41 Å². The lowest BCUT2D eigenvalue weighted by atomic mass is 9.60. The Hall–Kier alpha value is -0.300. The zero-order chi connectivity index (χ0) is 11.6. The number of hydrogen-bond donors (Lipinski definition) is 1. The van der Waals surface area contributed by atoms with Crippen LogP contribution in [0.2, 0.25) is 0 Å². The summed E-state index contributed by atoms with van der Waals surface area (Å²) in [6, 6.07) is 0. The van der Waals surface area contributed by atoms with Gasteiger partial charge in [-0.15, -0.1) is 0 Å². The second kappa shape index (κ2) is 3.13. The molecular formula is C15H24O. The zero-order valence-corrected chi connectivity index (χ0v) is 10.8. The van der Waals surface area contributed by atoms with Crippen molar-refractivity contribution in [3.63, 3.8) is 0 Å². The van der Waals surface area contributed by atoms with Crippen LogP contribution in [-0.4, -0.2) is 11.7 Å². The summed E-state index contributed by atoms with van der Waals surface area (Å²) in [5, 5.41) is 9.67. The van der Waals surface area contributed by atoms with E-state index in [0.717, 1.165) is 17.8 Å². The minimum absolute atomic E-state index is 0.232. The van der Waals surface area contributed by atoms with Crippen LogP contribution < -0.4 is 0 Å². The van der Waals surface area contributed by atoms with E-state index in [1.165, 1.54) is 25.7 Å². The molecule has 0 aliphatic heterocycles. The van der Waals surface area contributed by atoms with Crippen LogP contribution >= 0.6 is 0 Å². The third kappa shape index (κ3) is 1.06. The maximum absolute atomic E-state index is 9.67. The van der Waals surface area contributed by atoms with Gasteiger partial charge < -0.3 is 5.11 Å². The lowest BCUT2D eigenvalue weighted by Crippen LogP contribution is -2.36. The summed E-state index contributed by atoms with van der Waals surface area (Å²) in [5.41, 5.74) is 2.35. The van der Waals surface area contributed by atoms with E-state index in [9.17, 15) is 5.11 Å². The second-order valence-corrected chi connectivity index (χ2v) is 6.78. The molecule has 3 aliphatic rings. The number of aliphatic hydroxyl groups excluding tert-OH is 1. The molecule has 2 saturated carbocycles. The maximum atomic E-state index is 9.67. The average molecular weight is 220 g/mol. The molecule has 0 heterocycles. The second-order valence-electron chi connectivity index (χ2n) is 6.78. The lowest BCUT2D eigenvalue weighted by molar-refractivity contribution is 0.126. The molecule has 0 bridgehead atoms. The van der Waals surface area contributed by atoms with Crippen molar-refractivity contribution in [3.8, 4) is 0 Å². The predicted octanol–water partition coefficient (Wildman–Crippen LogP) is 3.39. The molecule has 3 aliphatic carbocycles. The van der Waals surface area contributed by atoms with Crippen molar-refractivity contribution < 1.29 is 5.11 Å². The molecule has 0 aromatic carbocycles. The molecular weight excluding hydrogens is 196 g/mol. The molecule has 0 aromatic rings. The van der Waals surface area contributed by atoms with Crippen molar-refractivity contribution in [2.45, 2.75) is 46.5 Å². The molecule has 90 valence electrons. The van der Waals surface area contributed by atoms with Crippen LogP contribution in [0.25, 0.3) is 0 Å². The molecule has 1 nitrogen and oxygen atoms in total. The highest BCUT2D eigenvalue weighted by molar-refractivity contribution is 5.31. The van der Waals surface area contributed by atoms with Crippen molar-refractivity contribution in [3.05, 3.63) is 11.6 Å². The standard InChI is InChI=1S/C15H24O/c1-10-5-4-6-11-7-8-12-13(15(10,11)3)14(12,2)9-16/h6,10,12-13,16H,4-5,7-9H2,1-3H3/t10-,12-,13+,14?,15+/m0/s1. The molecule has 16 heavy (non-hydrogen) atoms. The van der Waals surface area contributed by atoms with Gasteiger partial charge in [-0.2, -0.15) is 0 Å². The predicted molar refractivity (Wildman–Crippen MR) is 66.0 cm³/mol. The third-order valence-electron chi connectivity index (χ3n) is 6.27. The molecule has 0 saturated heterocycles. The lowest BCUT2D eigenvalue weighted by Gasteiger charge is -2.45. The first kappa shape index (κ1) is 10.8. The van der Waals surface area contributed by atoms with Crippen LogP contribution in [-0.2, 0) is 0 Å². The van der Waals surface area contributed by atoms with Gasteiger partial charge in [-0.05, 0) is 54.3 Å². The van der Waals surface area contributed by atoms with E-state index in [4.69, 9.17) is 0 Å². The van der Waals surface area contributed by atoms with Gasteiger partial charge >= 0.3 is 0 Å². The summed E-state index contributed by atoms with van der Waals surface area (Å²) >= 11 is 0. The number of rotatable bonds is 1. The summed E-state index contributed by atoms with van der Waals surface area (Å²) in [4.78, 5) is 0. The summed E-state index contributed by atoms with van der Waals surface area (Å²) < 4.78 is 0. The van der Waals surface area contributed by atoms with E-state index in [0.29, 0.717) is 12.0 Å². The first-order valence-corrected chi connectivity index (χ1v) is 6.85. The highest BCUT2D eigenvalue weighted by atomic mass is 16.3. The fraction of sp³-hybridized carbons (Fsp3) is 0.867. The van der Waals surface area contributed by atoms with Gasteiger partial charge in [0.2, 0.25) is 0 Å². The first-order valence-electron chi connectivity index (χ1n) is 6.85. The Labute approximate surface area is 98.9 Å². The number of hydrogen-bond acceptors (Lipinski definition) is 1. The molecule has 0 amide bonds. The minimum Gasteiger partial charge on any atom is -0.396 e. The molecule has 1 N–H and O–H groups in total. The molecule has 0 radical (unpaired) electrons. The van der Waals surface area contributed by atoms with Gasteiger partial charge in [0.05, 0.1) is 0 Å². The van der Waals surface area contributed by atoms with Crippen LogP contribution in [0.1, 0.15) is 46.5 Å². The summed E-state index contributed by atoms with van der Waals surface area (Å²) in [5.74, 6) is 2.34.